The summed E-state index contributed by atoms with van der Waals surface area (Å²) in [6, 6.07) is 12.2. The molecule has 0 aliphatic heterocycles. The number of hydrogen-bond donors (Lipinski definition) is 4. The predicted molar refractivity (Wildman–Crippen MR) is 179 cm³/mol. The van der Waals surface area contributed by atoms with Gasteiger partial charge in [-0.3, -0.25) is 14.6 Å². The average molecular weight is 632 g/mol. The Labute approximate surface area is 271 Å². The van der Waals surface area contributed by atoms with Crippen LogP contribution in [0.25, 0.3) is 28.5 Å². The maximum absolute atomic E-state index is 14.1. The summed E-state index contributed by atoms with van der Waals surface area (Å²) in [4.78, 5) is 31.4. The monoisotopic (exact) mass is 631 g/mol. The van der Waals surface area contributed by atoms with Crippen LogP contribution in [0.2, 0.25) is 0 Å². The lowest BCUT2D eigenvalue weighted by Crippen LogP contribution is -2.25. The van der Waals surface area contributed by atoms with Crippen LogP contribution in [0.1, 0.15) is 84.6 Å². The number of aliphatic hydroxyl groups is 2. The van der Waals surface area contributed by atoms with Gasteiger partial charge in [-0.1, -0.05) is 44.2 Å². The van der Waals surface area contributed by atoms with Crippen molar-refractivity contribution in [2.24, 2.45) is 0 Å². The van der Waals surface area contributed by atoms with Crippen molar-refractivity contribution >= 4 is 18.0 Å². The van der Waals surface area contributed by atoms with E-state index in [1.54, 1.807) is 24.3 Å². The molecule has 246 valence electrons. The van der Waals surface area contributed by atoms with Crippen LogP contribution in [0.5, 0.6) is 0 Å². The Morgan fingerprint density at radius 2 is 1.80 bits per heavy atom. The van der Waals surface area contributed by atoms with E-state index < -0.39 is 24.6 Å². The number of aryl methyl sites for hydroxylation is 1. The van der Waals surface area contributed by atoms with E-state index in [2.05, 4.69) is 10.2 Å². The number of rotatable bonds is 14. The highest BCUT2D eigenvalue weighted by molar-refractivity contribution is 5.95. The maximum atomic E-state index is 14.1. The van der Waals surface area contributed by atoms with Crippen LogP contribution in [-0.4, -0.2) is 76.5 Å². The number of pyridine rings is 1. The van der Waals surface area contributed by atoms with Gasteiger partial charge in [-0.15, -0.1) is 0 Å². The first-order valence-electron chi connectivity index (χ1n) is 16.1. The van der Waals surface area contributed by atoms with Crippen molar-refractivity contribution in [2.45, 2.75) is 76.9 Å². The number of amides is 1. The van der Waals surface area contributed by atoms with Crippen LogP contribution in [0, 0.1) is 5.82 Å². The second-order valence-corrected chi connectivity index (χ2v) is 12.7. The lowest BCUT2D eigenvalue weighted by Gasteiger charge is -2.22. The van der Waals surface area contributed by atoms with Gasteiger partial charge in [0, 0.05) is 29.7 Å². The summed E-state index contributed by atoms with van der Waals surface area (Å²) in [5.41, 5.74) is 7.78. The Bertz CT molecular complexity index is 1550. The van der Waals surface area contributed by atoms with Gasteiger partial charge in [0.2, 0.25) is 0 Å². The van der Waals surface area contributed by atoms with Crippen molar-refractivity contribution in [1.29, 1.82) is 0 Å². The molecule has 0 radical (unpaired) electrons. The summed E-state index contributed by atoms with van der Waals surface area (Å²) < 4.78 is 14.1. The van der Waals surface area contributed by atoms with Gasteiger partial charge in [-0.25, -0.2) is 4.39 Å². The molecule has 1 amide bonds. The largest absolute Gasteiger partial charge is 0.481 e. The molecular formula is C37H46FN3O5. The third-order valence-corrected chi connectivity index (χ3v) is 8.27. The lowest BCUT2D eigenvalue weighted by molar-refractivity contribution is -0.139. The van der Waals surface area contributed by atoms with E-state index >= 15 is 0 Å². The number of nitrogens with zero attached hydrogens (tertiary/aromatic N) is 2. The molecule has 3 aromatic rings. The summed E-state index contributed by atoms with van der Waals surface area (Å²) in [5.74, 6) is -1.58. The van der Waals surface area contributed by atoms with E-state index in [1.165, 1.54) is 12.1 Å². The Balaban J connectivity index is 1.76. The molecule has 8 nitrogen and oxygen atoms in total. The van der Waals surface area contributed by atoms with Crippen LogP contribution < -0.4 is 5.32 Å². The predicted octanol–water partition coefficient (Wildman–Crippen LogP) is 5.84. The minimum Gasteiger partial charge on any atom is -0.481 e. The third kappa shape index (κ3) is 9.09. The molecule has 0 saturated heterocycles. The molecule has 2 atom stereocenters. The summed E-state index contributed by atoms with van der Waals surface area (Å²) in [6.45, 7) is 5.68. The highest BCUT2D eigenvalue weighted by Crippen LogP contribution is 2.42. The summed E-state index contributed by atoms with van der Waals surface area (Å²) in [6.07, 6.45) is 4.72. The molecule has 2 aromatic carbocycles. The number of fused-ring (bicyclic) bond motifs is 3. The number of nitrogens with one attached hydrogen (secondary N) is 1. The Hall–Kier alpha value is -3.92. The van der Waals surface area contributed by atoms with Gasteiger partial charge in [-0.2, -0.15) is 0 Å². The van der Waals surface area contributed by atoms with E-state index in [-0.39, 0.29) is 24.1 Å². The summed E-state index contributed by atoms with van der Waals surface area (Å²) in [7, 11) is 4.07. The molecule has 0 spiro atoms. The van der Waals surface area contributed by atoms with Gasteiger partial charge >= 0.3 is 5.97 Å². The number of aromatic nitrogens is 1. The number of unbranched alkanes of at least 4 members (excludes halogenated alkanes) is 1. The third-order valence-electron chi connectivity index (χ3n) is 8.27. The van der Waals surface area contributed by atoms with Crippen molar-refractivity contribution in [3.05, 3.63) is 82.3 Å². The van der Waals surface area contributed by atoms with Crippen molar-refractivity contribution < 1.29 is 29.3 Å². The van der Waals surface area contributed by atoms with Crippen molar-refractivity contribution in [3.63, 3.8) is 0 Å². The molecule has 0 fully saturated rings. The fourth-order valence-corrected chi connectivity index (χ4v) is 6.01. The number of carboxylic acids is 1. The Morgan fingerprint density at radius 1 is 1.07 bits per heavy atom. The quantitative estimate of drug-likeness (QED) is 0.165. The van der Waals surface area contributed by atoms with Crippen LogP contribution >= 0.6 is 0 Å². The number of benzene rings is 2. The second kappa shape index (κ2) is 16.1. The molecule has 9 heteroatoms. The minimum absolute atomic E-state index is 0.0110. The first-order valence-corrected chi connectivity index (χ1v) is 16.1. The highest BCUT2D eigenvalue weighted by Gasteiger charge is 2.26. The smallest absolute Gasteiger partial charge is 0.305 e. The normalized spacial score (nSPS) is 14.2. The minimum atomic E-state index is -1.19. The number of aliphatic hydroxyl groups excluding tert-OH is 2. The van der Waals surface area contributed by atoms with Gasteiger partial charge in [0.25, 0.3) is 5.91 Å². The molecule has 1 aromatic heterocycles. The van der Waals surface area contributed by atoms with Crippen LogP contribution in [0.4, 0.5) is 4.39 Å². The van der Waals surface area contributed by atoms with Gasteiger partial charge < -0.3 is 25.5 Å². The van der Waals surface area contributed by atoms with Crippen molar-refractivity contribution in [1.82, 2.24) is 15.2 Å². The average Bonchev–Trinajstić information content (AvgIpc) is 3.17. The fraction of sp³-hybridized carbons (Fsp3) is 0.432. The fourth-order valence-electron chi connectivity index (χ4n) is 6.01. The highest BCUT2D eigenvalue weighted by atomic mass is 19.1. The zero-order valence-corrected chi connectivity index (χ0v) is 27.2. The number of hydrogen-bond acceptors (Lipinski definition) is 6. The molecule has 1 aliphatic rings. The van der Waals surface area contributed by atoms with Gasteiger partial charge in [-0.05, 0) is 105 Å². The van der Waals surface area contributed by atoms with E-state index in [0.29, 0.717) is 18.5 Å². The van der Waals surface area contributed by atoms with Crippen molar-refractivity contribution in [2.75, 3.05) is 27.2 Å². The number of halogens is 1. The maximum Gasteiger partial charge on any atom is 0.305 e. The van der Waals surface area contributed by atoms with E-state index in [0.717, 1.165) is 77.0 Å². The van der Waals surface area contributed by atoms with Crippen LogP contribution in [0.3, 0.4) is 0 Å². The van der Waals surface area contributed by atoms with Crippen molar-refractivity contribution in [3.8, 4) is 22.4 Å². The Kier molecular flexibility index (Phi) is 12.2. The Morgan fingerprint density at radius 3 is 2.48 bits per heavy atom. The van der Waals surface area contributed by atoms with Gasteiger partial charge in [0.1, 0.15) is 5.82 Å². The van der Waals surface area contributed by atoms with E-state index in [4.69, 9.17) is 10.1 Å². The zero-order valence-electron chi connectivity index (χ0n) is 27.2. The molecule has 1 heterocycles. The standard InChI is InChI=1S/C37H46FN3O5/c1-23(2)35-32(17-15-28(42)21-29(43)22-33(44)45)34(24-10-13-27(38)14-11-24)31-9-7-8-25-20-26(12-16-30(25)36(31)40-35)37(46)39-18-5-6-19-41(3)4/h10-17,20,23,28-29,42-43H,5-9,18-19,21-22H2,1-4H3,(H,39,46)(H,44,45)/t28-,29-/m1/s1. The molecular weight excluding hydrogens is 585 g/mol. The summed E-state index contributed by atoms with van der Waals surface area (Å²) in [5, 5.41) is 32.8. The molecule has 0 bridgehead atoms. The molecule has 0 saturated carbocycles. The molecule has 1 aliphatic carbocycles. The number of carbonyl (C=O) groups is 2. The van der Waals surface area contributed by atoms with E-state index in [1.807, 2.05) is 46.1 Å². The molecule has 0 unspecified atom stereocenters. The van der Waals surface area contributed by atoms with Gasteiger partial charge in [0.05, 0.1) is 30.0 Å². The zero-order chi connectivity index (χ0) is 33.4. The SMILES string of the molecule is CC(C)c1nc2c(c(-c3ccc(F)cc3)c1C=C[C@@H](O)C[C@@H](O)CC(=O)O)CCCc1cc(C(=O)NCCCCN(C)C)ccc1-2. The first-order chi connectivity index (χ1) is 21.9. The van der Waals surface area contributed by atoms with E-state index in [9.17, 15) is 24.2 Å². The topological polar surface area (TPSA) is 123 Å². The molecule has 46 heavy (non-hydrogen) atoms. The number of carbonyl (C=O) groups excluding carboxylic acids is 1. The lowest BCUT2D eigenvalue weighted by atomic mass is 9.86. The molecule has 4 rings (SSSR count). The van der Waals surface area contributed by atoms with Crippen LogP contribution in [0.15, 0.2) is 48.5 Å². The molecule has 4 N–H and O–H groups in total. The number of aliphatic carboxylic acids is 1. The number of carboxylic acid groups (broad SMARTS) is 1. The second-order valence-electron chi connectivity index (χ2n) is 12.7. The summed E-state index contributed by atoms with van der Waals surface area (Å²) >= 11 is 0. The van der Waals surface area contributed by atoms with Gasteiger partial charge in [0.15, 0.2) is 0 Å². The first kappa shape index (κ1) is 34.9. The van der Waals surface area contributed by atoms with Crippen LogP contribution in [-0.2, 0) is 17.6 Å².